The van der Waals surface area contributed by atoms with Gasteiger partial charge >= 0.3 is 0 Å². The summed E-state index contributed by atoms with van der Waals surface area (Å²) in [4.78, 5) is 15.1. The fraction of sp³-hybridized carbons (Fsp3) is 0.533. The summed E-state index contributed by atoms with van der Waals surface area (Å²) < 4.78 is 0. The summed E-state index contributed by atoms with van der Waals surface area (Å²) in [6, 6.07) is 1.88. The number of amides is 1. The summed E-state index contributed by atoms with van der Waals surface area (Å²) in [7, 11) is 0. The molecule has 1 N–H and O–H groups in total. The van der Waals surface area contributed by atoms with Crippen molar-refractivity contribution in [3.8, 4) is 11.8 Å². The highest BCUT2D eigenvalue weighted by molar-refractivity contribution is 7.12. The van der Waals surface area contributed by atoms with Gasteiger partial charge in [0.25, 0.3) is 5.91 Å². The molecule has 1 saturated heterocycles. The molecule has 1 aromatic rings. The van der Waals surface area contributed by atoms with E-state index in [1.165, 1.54) is 11.3 Å². The van der Waals surface area contributed by atoms with E-state index in [-0.39, 0.29) is 12.5 Å². The van der Waals surface area contributed by atoms with Crippen molar-refractivity contribution in [3.63, 3.8) is 0 Å². The predicted octanol–water partition coefficient (Wildman–Crippen LogP) is 2.21. The van der Waals surface area contributed by atoms with Gasteiger partial charge < -0.3 is 10.0 Å². The van der Waals surface area contributed by atoms with Crippen molar-refractivity contribution in [1.29, 1.82) is 0 Å². The molecule has 1 amide bonds. The molecule has 0 aliphatic carbocycles. The summed E-state index contributed by atoms with van der Waals surface area (Å²) >= 11 is 1.45. The van der Waals surface area contributed by atoms with E-state index in [9.17, 15) is 4.79 Å². The van der Waals surface area contributed by atoms with Crippen LogP contribution in [0.3, 0.4) is 0 Å². The largest absolute Gasteiger partial charge is 0.395 e. The molecule has 2 unspecified atom stereocenters. The lowest BCUT2D eigenvalue weighted by atomic mass is 10.0. The smallest absolute Gasteiger partial charge is 0.265 e. The van der Waals surface area contributed by atoms with Crippen molar-refractivity contribution in [3.05, 3.63) is 21.9 Å². The van der Waals surface area contributed by atoms with E-state index in [0.717, 1.165) is 23.5 Å². The first-order chi connectivity index (χ1) is 9.13. The fourth-order valence-corrected chi connectivity index (χ4v) is 3.04. The Morgan fingerprint density at radius 1 is 1.47 bits per heavy atom. The minimum absolute atomic E-state index is 0.0571. The number of rotatable bonds is 2. The van der Waals surface area contributed by atoms with Crippen molar-refractivity contribution in [1.82, 2.24) is 4.90 Å². The van der Waals surface area contributed by atoms with Crippen LogP contribution in [0.15, 0.2) is 11.4 Å². The molecule has 2 atom stereocenters. The maximum atomic E-state index is 12.5. The van der Waals surface area contributed by atoms with Crippen molar-refractivity contribution < 1.29 is 9.90 Å². The van der Waals surface area contributed by atoms with Gasteiger partial charge in [0.15, 0.2) is 0 Å². The molecule has 102 valence electrons. The van der Waals surface area contributed by atoms with Crippen LogP contribution in [0.5, 0.6) is 0 Å². The Kier molecular flexibility index (Phi) is 4.62. The molecule has 0 radical (unpaired) electrons. The molecule has 0 spiro atoms. The second-order valence-corrected chi connectivity index (χ2v) is 6.02. The highest BCUT2D eigenvalue weighted by Gasteiger charge is 2.31. The first kappa shape index (κ1) is 14.1. The first-order valence-electron chi connectivity index (χ1n) is 6.60. The van der Waals surface area contributed by atoms with Gasteiger partial charge in [-0.25, -0.2) is 0 Å². The summed E-state index contributed by atoms with van der Waals surface area (Å²) in [5.41, 5.74) is 0.788. The van der Waals surface area contributed by atoms with E-state index in [4.69, 9.17) is 5.11 Å². The Bertz CT molecular complexity index is 502. The Hall–Kier alpha value is -1.31. The van der Waals surface area contributed by atoms with Crippen molar-refractivity contribution in [2.24, 2.45) is 11.8 Å². The van der Waals surface area contributed by atoms with E-state index >= 15 is 0 Å². The topological polar surface area (TPSA) is 40.5 Å². The third-order valence-corrected chi connectivity index (χ3v) is 4.50. The Morgan fingerprint density at radius 3 is 2.79 bits per heavy atom. The molecule has 2 rings (SSSR count). The summed E-state index contributed by atoms with van der Waals surface area (Å²) in [6.45, 7) is 6.10. The van der Waals surface area contributed by atoms with E-state index in [1.807, 2.05) is 16.3 Å². The number of aliphatic hydroxyl groups excluding tert-OH is 1. The van der Waals surface area contributed by atoms with Crippen LogP contribution >= 0.6 is 11.3 Å². The monoisotopic (exact) mass is 277 g/mol. The minimum atomic E-state index is 0.0571. The normalized spacial score (nSPS) is 22.2. The van der Waals surface area contributed by atoms with Crippen LogP contribution in [0.2, 0.25) is 0 Å². The van der Waals surface area contributed by atoms with Crippen LogP contribution in [0.1, 0.15) is 35.5 Å². The lowest BCUT2D eigenvalue weighted by Crippen LogP contribution is -2.28. The zero-order chi connectivity index (χ0) is 13.8. The molecule has 1 aromatic heterocycles. The highest BCUT2D eigenvalue weighted by atomic mass is 32.1. The van der Waals surface area contributed by atoms with Crippen molar-refractivity contribution in [2.45, 2.75) is 20.3 Å². The maximum Gasteiger partial charge on any atom is 0.265 e. The molecule has 0 aromatic carbocycles. The molecule has 2 heterocycles. The SMILES string of the molecule is CC1CN(C(=O)c2sccc2C#CCCO)CC1C. The van der Waals surface area contributed by atoms with Crippen molar-refractivity contribution in [2.75, 3.05) is 19.7 Å². The van der Waals surface area contributed by atoms with Gasteiger partial charge in [-0.3, -0.25) is 4.79 Å². The number of thiophene rings is 1. The second kappa shape index (κ2) is 6.23. The van der Waals surface area contributed by atoms with Crippen LogP contribution in [-0.2, 0) is 0 Å². The van der Waals surface area contributed by atoms with Crippen LogP contribution in [0.25, 0.3) is 0 Å². The van der Waals surface area contributed by atoms with Gasteiger partial charge in [-0.15, -0.1) is 11.3 Å². The number of aliphatic hydroxyl groups is 1. The third kappa shape index (κ3) is 3.17. The highest BCUT2D eigenvalue weighted by Crippen LogP contribution is 2.26. The lowest BCUT2D eigenvalue weighted by molar-refractivity contribution is 0.0789. The lowest BCUT2D eigenvalue weighted by Gasteiger charge is -2.15. The van der Waals surface area contributed by atoms with Crippen LogP contribution in [0, 0.1) is 23.7 Å². The zero-order valence-corrected chi connectivity index (χ0v) is 12.2. The van der Waals surface area contributed by atoms with Gasteiger partial charge in [0.2, 0.25) is 0 Å². The van der Waals surface area contributed by atoms with Crippen molar-refractivity contribution >= 4 is 17.2 Å². The van der Waals surface area contributed by atoms with Gasteiger partial charge in [-0.1, -0.05) is 25.7 Å². The maximum absolute atomic E-state index is 12.5. The molecule has 19 heavy (non-hydrogen) atoms. The van der Waals surface area contributed by atoms with E-state index in [1.54, 1.807) is 0 Å². The average molecular weight is 277 g/mol. The summed E-state index contributed by atoms with van der Waals surface area (Å²) in [6.07, 6.45) is 0.446. The molecule has 3 nitrogen and oxygen atoms in total. The third-order valence-electron chi connectivity index (χ3n) is 3.59. The Morgan fingerprint density at radius 2 is 2.16 bits per heavy atom. The second-order valence-electron chi connectivity index (χ2n) is 5.10. The molecule has 4 heteroatoms. The van der Waals surface area contributed by atoms with Crippen LogP contribution in [-0.4, -0.2) is 35.6 Å². The molecule has 1 aliphatic heterocycles. The Labute approximate surface area is 118 Å². The predicted molar refractivity (Wildman–Crippen MR) is 77.1 cm³/mol. The first-order valence-corrected chi connectivity index (χ1v) is 7.48. The van der Waals surface area contributed by atoms with E-state index in [2.05, 4.69) is 25.7 Å². The molecule has 0 saturated carbocycles. The van der Waals surface area contributed by atoms with Gasteiger partial charge in [0.1, 0.15) is 4.88 Å². The van der Waals surface area contributed by atoms with Gasteiger partial charge in [0.05, 0.1) is 6.61 Å². The number of likely N-dealkylation sites (tertiary alicyclic amines) is 1. The number of hydrogen-bond donors (Lipinski definition) is 1. The van der Waals surface area contributed by atoms with Crippen LogP contribution < -0.4 is 0 Å². The van der Waals surface area contributed by atoms with Crippen LogP contribution in [0.4, 0.5) is 0 Å². The summed E-state index contributed by atoms with van der Waals surface area (Å²) in [5.74, 6) is 7.07. The number of carbonyl (C=O) groups is 1. The molecular formula is C15H19NO2S. The molecular weight excluding hydrogens is 258 g/mol. The number of carbonyl (C=O) groups excluding carboxylic acids is 1. The van der Waals surface area contributed by atoms with E-state index < -0.39 is 0 Å². The fourth-order valence-electron chi connectivity index (χ4n) is 2.23. The standard InChI is InChI=1S/C15H19NO2S/c1-11-9-16(10-12(11)2)15(18)14-13(6-8-19-14)5-3-4-7-17/h6,8,11-12,17H,4,7,9-10H2,1-2H3. The molecule has 1 fully saturated rings. The summed E-state index contributed by atoms with van der Waals surface area (Å²) in [5, 5.41) is 10.6. The van der Waals surface area contributed by atoms with Gasteiger partial charge in [0, 0.05) is 25.1 Å². The van der Waals surface area contributed by atoms with Gasteiger partial charge in [-0.05, 0) is 23.3 Å². The average Bonchev–Trinajstić information content (AvgIpc) is 2.97. The Balaban J connectivity index is 2.13. The zero-order valence-electron chi connectivity index (χ0n) is 11.3. The molecule has 0 bridgehead atoms. The number of nitrogens with zero attached hydrogens (tertiary/aromatic N) is 1. The molecule has 1 aliphatic rings. The quantitative estimate of drug-likeness (QED) is 0.842. The van der Waals surface area contributed by atoms with E-state index in [0.29, 0.717) is 18.3 Å². The minimum Gasteiger partial charge on any atom is -0.395 e. The number of hydrogen-bond acceptors (Lipinski definition) is 3. The van der Waals surface area contributed by atoms with Gasteiger partial charge in [-0.2, -0.15) is 0 Å².